The minimum atomic E-state index is 0.302. The van der Waals surface area contributed by atoms with Gasteiger partial charge in [0.05, 0.1) is 25.2 Å². The minimum absolute atomic E-state index is 0.302. The molecule has 128 valence electrons. The lowest BCUT2D eigenvalue weighted by molar-refractivity contribution is -0.941. The van der Waals surface area contributed by atoms with E-state index in [4.69, 9.17) is 21.7 Å². The molecule has 5 nitrogen and oxygen atoms in total. The van der Waals surface area contributed by atoms with Crippen LogP contribution in [0.5, 0.6) is 11.5 Å². The van der Waals surface area contributed by atoms with Gasteiger partial charge in [0, 0.05) is 6.54 Å². The van der Waals surface area contributed by atoms with Crippen molar-refractivity contribution in [3.05, 3.63) is 23.8 Å². The van der Waals surface area contributed by atoms with Gasteiger partial charge >= 0.3 is 0 Å². The molecule has 0 saturated carbocycles. The fraction of sp³-hybridized carbons (Fsp3) is 0.588. The maximum Gasteiger partial charge on any atom is 0.231 e. The maximum absolute atomic E-state index is 5.38. The fourth-order valence-electron chi connectivity index (χ4n) is 2.86. The molecule has 23 heavy (non-hydrogen) atoms. The summed E-state index contributed by atoms with van der Waals surface area (Å²) < 4.78 is 10.7. The standard InChI is InChI=1S/C17H27N3O2S/c1-12(2)20(13(3)4)8-7-18-17(23)19-10-14-5-6-15-16(9-14)22-11-21-15/h5-6,9,12-13H,7-8,10-11H2,1-4H3,(H2,18,19,23)/p+1. The third-order valence-corrected chi connectivity index (χ3v) is 4.36. The van der Waals surface area contributed by atoms with Crippen LogP contribution >= 0.6 is 12.2 Å². The molecule has 0 aromatic heterocycles. The van der Waals surface area contributed by atoms with Gasteiger partial charge in [-0.3, -0.25) is 0 Å². The highest BCUT2D eigenvalue weighted by Crippen LogP contribution is 2.32. The summed E-state index contributed by atoms with van der Waals surface area (Å²) in [6.45, 7) is 11.9. The molecule has 1 heterocycles. The van der Waals surface area contributed by atoms with Crippen molar-refractivity contribution >= 4 is 17.3 Å². The largest absolute Gasteiger partial charge is 0.454 e. The predicted molar refractivity (Wildman–Crippen MR) is 96.1 cm³/mol. The zero-order chi connectivity index (χ0) is 16.8. The van der Waals surface area contributed by atoms with Crippen molar-refractivity contribution in [3.63, 3.8) is 0 Å². The van der Waals surface area contributed by atoms with Crippen LogP contribution in [0.4, 0.5) is 0 Å². The smallest absolute Gasteiger partial charge is 0.231 e. The Hall–Kier alpha value is -1.53. The van der Waals surface area contributed by atoms with E-state index in [-0.39, 0.29) is 0 Å². The Labute approximate surface area is 144 Å². The van der Waals surface area contributed by atoms with Crippen LogP contribution in [0.3, 0.4) is 0 Å². The average Bonchev–Trinajstić information content (AvgIpc) is 2.96. The first-order valence-electron chi connectivity index (χ1n) is 8.23. The molecule has 0 aliphatic carbocycles. The summed E-state index contributed by atoms with van der Waals surface area (Å²) in [5, 5.41) is 7.22. The molecule has 1 aromatic rings. The summed E-state index contributed by atoms with van der Waals surface area (Å²) in [6, 6.07) is 7.18. The zero-order valence-corrected chi connectivity index (χ0v) is 15.3. The lowest BCUT2D eigenvalue weighted by Crippen LogP contribution is -3.18. The first-order valence-corrected chi connectivity index (χ1v) is 8.64. The SMILES string of the molecule is CC(C)[NH+](CCNC(=S)NCc1ccc2c(c1)OCO2)C(C)C. The summed E-state index contributed by atoms with van der Waals surface area (Å²) in [5.41, 5.74) is 1.12. The molecule has 2 rings (SSSR count). The van der Waals surface area contributed by atoms with Gasteiger partial charge in [0.25, 0.3) is 0 Å². The number of benzene rings is 1. The third kappa shape index (κ3) is 5.25. The number of nitrogens with one attached hydrogen (secondary N) is 3. The molecule has 1 aliphatic heterocycles. The van der Waals surface area contributed by atoms with Crippen LogP contribution in [0.2, 0.25) is 0 Å². The van der Waals surface area contributed by atoms with Crippen molar-refractivity contribution in [1.82, 2.24) is 10.6 Å². The van der Waals surface area contributed by atoms with Gasteiger partial charge in [-0.05, 0) is 57.6 Å². The van der Waals surface area contributed by atoms with Gasteiger partial charge in [0.1, 0.15) is 0 Å². The summed E-state index contributed by atoms with van der Waals surface area (Å²) in [6.07, 6.45) is 0. The van der Waals surface area contributed by atoms with E-state index < -0.39 is 0 Å². The molecule has 0 spiro atoms. The van der Waals surface area contributed by atoms with Gasteiger partial charge in [0.15, 0.2) is 16.6 Å². The summed E-state index contributed by atoms with van der Waals surface area (Å²) in [4.78, 5) is 1.58. The molecule has 0 radical (unpaired) electrons. The molecular formula is C17H28N3O2S+. The van der Waals surface area contributed by atoms with Crippen LogP contribution in [0, 0.1) is 0 Å². The van der Waals surface area contributed by atoms with Crippen molar-refractivity contribution in [2.75, 3.05) is 19.9 Å². The van der Waals surface area contributed by atoms with Crippen LogP contribution in [-0.4, -0.2) is 37.1 Å². The molecule has 3 N–H and O–H groups in total. The third-order valence-electron chi connectivity index (χ3n) is 4.07. The Bertz CT molecular complexity index is 527. The average molecular weight is 338 g/mol. The second-order valence-electron chi connectivity index (χ2n) is 6.43. The Morgan fingerprint density at radius 1 is 1.13 bits per heavy atom. The highest BCUT2D eigenvalue weighted by molar-refractivity contribution is 7.80. The van der Waals surface area contributed by atoms with E-state index in [2.05, 4.69) is 38.3 Å². The highest BCUT2D eigenvalue weighted by atomic mass is 32.1. The van der Waals surface area contributed by atoms with Gasteiger partial charge in [-0.1, -0.05) is 6.07 Å². The first kappa shape index (κ1) is 17.8. The molecule has 1 aliphatic rings. The molecule has 0 saturated heterocycles. The minimum Gasteiger partial charge on any atom is -0.454 e. The Balaban J connectivity index is 1.71. The van der Waals surface area contributed by atoms with Crippen LogP contribution in [-0.2, 0) is 6.54 Å². The number of ether oxygens (including phenoxy) is 2. The Morgan fingerprint density at radius 3 is 2.52 bits per heavy atom. The summed E-state index contributed by atoms with van der Waals surface area (Å²) >= 11 is 5.35. The van der Waals surface area contributed by atoms with Crippen molar-refractivity contribution in [1.29, 1.82) is 0 Å². The molecule has 0 unspecified atom stereocenters. The second-order valence-corrected chi connectivity index (χ2v) is 6.84. The number of fused-ring (bicyclic) bond motifs is 1. The monoisotopic (exact) mass is 338 g/mol. The van der Waals surface area contributed by atoms with E-state index >= 15 is 0 Å². The van der Waals surface area contributed by atoms with Crippen LogP contribution in [0.1, 0.15) is 33.3 Å². The van der Waals surface area contributed by atoms with Crippen LogP contribution < -0.4 is 25.0 Å². The summed E-state index contributed by atoms with van der Waals surface area (Å²) in [5.74, 6) is 1.61. The van der Waals surface area contributed by atoms with Gasteiger partial charge in [-0.15, -0.1) is 0 Å². The van der Waals surface area contributed by atoms with Crippen molar-refractivity contribution < 1.29 is 14.4 Å². The van der Waals surface area contributed by atoms with Gasteiger partial charge < -0.3 is 25.0 Å². The molecule has 0 bridgehead atoms. The number of quaternary nitrogens is 1. The van der Waals surface area contributed by atoms with Crippen molar-refractivity contribution in [3.8, 4) is 11.5 Å². The summed E-state index contributed by atoms with van der Waals surface area (Å²) in [7, 11) is 0. The number of hydrogen-bond acceptors (Lipinski definition) is 3. The molecule has 6 heteroatoms. The second kappa shape index (κ2) is 8.36. The van der Waals surface area contributed by atoms with Crippen molar-refractivity contribution in [2.24, 2.45) is 0 Å². The topological polar surface area (TPSA) is 47.0 Å². The highest BCUT2D eigenvalue weighted by Gasteiger charge is 2.16. The van der Waals surface area contributed by atoms with E-state index in [0.29, 0.717) is 30.5 Å². The lowest BCUT2D eigenvalue weighted by atomic mass is 10.2. The predicted octanol–water partition coefficient (Wildman–Crippen LogP) is 1.08. The van der Waals surface area contributed by atoms with Gasteiger partial charge in [0.2, 0.25) is 6.79 Å². The Morgan fingerprint density at radius 2 is 1.83 bits per heavy atom. The normalized spacial score (nSPS) is 13.0. The zero-order valence-electron chi connectivity index (χ0n) is 14.4. The Kier molecular flexibility index (Phi) is 6.47. The van der Waals surface area contributed by atoms with Crippen molar-refractivity contribution in [2.45, 2.75) is 46.3 Å². The number of thiocarbonyl (C=S) groups is 1. The van der Waals surface area contributed by atoms with E-state index in [1.165, 1.54) is 0 Å². The van der Waals surface area contributed by atoms with Gasteiger partial charge in [-0.25, -0.2) is 0 Å². The molecule has 1 aromatic carbocycles. The molecular weight excluding hydrogens is 310 g/mol. The molecule has 0 atom stereocenters. The van der Waals surface area contributed by atoms with Crippen LogP contribution in [0.25, 0.3) is 0 Å². The first-order chi connectivity index (χ1) is 11.0. The maximum atomic E-state index is 5.38. The van der Waals surface area contributed by atoms with E-state index in [9.17, 15) is 0 Å². The van der Waals surface area contributed by atoms with Crippen LogP contribution in [0.15, 0.2) is 18.2 Å². The van der Waals surface area contributed by atoms with E-state index in [1.807, 2.05) is 18.2 Å². The fourth-order valence-corrected chi connectivity index (χ4v) is 3.03. The lowest BCUT2D eigenvalue weighted by Gasteiger charge is -2.27. The van der Waals surface area contributed by atoms with Gasteiger partial charge in [-0.2, -0.15) is 0 Å². The number of hydrogen-bond donors (Lipinski definition) is 3. The number of rotatable bonds is 7. The molecule has 0 amide bonds. The molecule has 0 fully saturated rings. The van der Waals surface area contributed by atoms with E-state index in [1.54, 1.807) is 4.90 Å². The van der Waals surface area contributed by atoms with E-state index in [0.717, 1.165) is 30.2 Å². The quantitative estimate of drug-likeness (QED) is 0.650.